The molecule has 0 aliphatic carbocycles. The zero-order valence-electron chi connectivity index (χ0n) is 12.3. The minimum Gasteiger partial charge on any atom is -0.337 e. The third kappa shape index (κ3) is 2.90. The first-order chi connectivity index (χ1) is 9.63. The van der Waals surface area contributed by atoms with E-state index in [9.17, 15) is 4.79 Å². The molecule has 0 spiro atoms. The third-order valence-electron chi connectivity index (χ3n) is 4.47. The molecular weight excluding hydrogens is 270 g/mol. The van der Waals surface area contributed by atoms with Crippen molar-refractivity contribution in [3.8, 4) is 0 Å². The van der Waals surface area contributed by atoms with Gasteiger partial charge in [-0.2, -0.15) is 0 Å². The molecule has 0 saturated carbocycles. The number of rotatable bonds is 2. The number of fused-ring (bicyclic) bond motifs is 1. The van der Waals surface area contributed by atoms with Crippen LogP contribution in [0.1, 0.15) is 17.4 Å². The highest BCUT2D eigenvalue weighted by Crippen LogP contribution is 2.24. The van der Waals surface area contributed by atoms with Gasteiger partial charge in [-0.25, -0.2) is 0 Å². The summed E-state index contributed by atoms with van der Waals surface area (Å²) >= 11 is 1.82. The maximum absolute atomic E-state index is 12.5. The molecule has 0 N–H and O–H groups in total. The van der Waals surface area contributed by atoms with Crippen LogP contribution in [-0.2, 0) is 17.8 Å². The Morgan fingerprint density at radius 1 is 1.40 bits per heavy atom. The third-order valence-corrected chi connectivity index (χ3v) is 5.49. The number of hydrogen-bond acceptors (Lipinski definition) is 4. The molecule has 1 fully saturated rings. The number of amides is 1. The number of nitrogens with zero attached hydrogens (tertiary/aromatic N) is 3. The first-order valence-electron chi connectivity index (χ1n) is 7.39. The predicted molar refractivity (Wildman–Crippen MR) is 82.0 cm³/mol. The van der Waals surface area contributed by atoms with Gasteiger partial charge in [-0.3, -0.25) is 9.69 Å². The molecule has 0 aromatic carbocycles. The van der Waals surface area contributed by atoms with Gasteiger partial charge in [0.25, 0.3) is 0 Å². The highest BCUT2D eigenvalue weighted by Gasteiger charge is 2.27. The van der Waals surface area contributed by atoms with Crippen molar-refractivity contribution in [3.05, 3.63) is 21.9 Å². The van der Waals surface area contributed by atoms with Crippen LogP contribution in [0.4, 0.5) is 0 Å². The van der Waals surface area contributed by atoms with Crippen molar-refractivity contribution in [2.45, 2.75) is 25.9 Å². The zero-order valence-corrected chi connectivity index (χ0v) is 13.2. The van der Waals surface area contributed by atoms with Crippen LogP contribution in [0.25, 0.3) is 0 Å². The second-order valence-corrected chi connectivity index (χ2v) is 7.02. The Labute approximate surface area is 125 Å². The average molecular weight is 293 g/mol. The Morgan fingerprint density at radius 3 is 3.05 bits per heavy atom. The highest BCUT2D eigenvalue weighted by molar-refractivity contribution is 7.10. The second kappa shape index (κ2) is 5.84. The van der Waals surface area contributed by atoms with Gasteiger partial charge in [-0.15, -0.1) is 11.3 Å². The fraction of sp³-hybridized carbons (Fsp3) is 0.667. The van der Waals surface area contributed by atoms with Crippen LogP contribution >= 0.6 is 11.3 Å². The molecule has 2 aliphatic heterocycles. The Kier molecular flexibility index (Phi) is 4.10. The molecule has 0 bridgehead atoms. The van der Waals surface area contributed by atoms with E-state index in [1.54, 1.807) is 0 Å². The molecule has 3 heterocycles. The molecule has 1 aromatic heterocycles. The van der Waals surface area contributed by atoms with E-state index in [0.29, 0.717) is 18.5 Å². The Morgan fingerprint density at radius 2 is 2.25 bits per heavy atom. The van der Waals surface area contributed by atoms with Crippen LogP contribution in [0.2, 0.25) is 0 Å². The van der Waals surface area contributed by atoms with E-state index in [1.165, 1.54) is 10.4 Å². The van der Waals surface area contributed by atoms with E-state index in [0.717, 1.165) is 39.1 Å². The quantitative estimate of drug-likeness (QED) is 0.821. The van der Waals surface area contributed by atoms with Crippen LogP contribution in [0.15, 0.2) is 11.4 Å². The SMILES string of the molecule is CC1CN(C)CCN1CC(=O)N1CCc2sccc2C1. The van der Waals surface area contributed by atoms with Gasteiger partial charge in [0, 0.05) is 43.6 Å². The summed E-state index contributed by atoms with van der Waals surface area (Å²) in [5.74, 6) is 0.290. The molecule has 0 radical (unpaired) electrons. The van der Waals surface area contributed by atoms with Crippen molar-refractivity contribution in [1.29, 1.82) is 0 Å². The van der Waals surface area contributed by atoms with E-state index < -0.39 is 0 Å². The van der Waals surface area contributed by atoms with Gasteiger partial charge in [-0.05, 0) is 37.4 Å². The maximum Gasteiger partial charge on any atom is 0.237 e. The summed E-state index contributed by atoms with van der Waals surface area (Å²) in [6, 6.07) is 2.64. The number of carbonyl (C=O) groups is 1. The number of piperazine rings is 1. The van der Waals surface area contributed by atoms with Gasteiger partial charge in [-0.1, -0.05) is 0 Å². The van der Waals surface area contributed by atoms with Gasteiger partial charge < -0.3 is 9.80 Å². The molecule has 2 aliphatic rings. The molecule has 20 heavy (non-hydrogen) atoms. The first-order valence-corrected chi connectivity index (χ1v) is 8.27. The topological polar surface area (TPSA) is 26.8 Å². The van der Waals surface area contributed by atoms with Crippen molar-refractivity contribution < 1.29 is 4.79 Å². The standard InChI is InChI=1S/C15H23N3OS/c1-12-9-16(2)6-7-17(12)11-15(19)18-5-3-14-13(10-18)4-8-20-14/h4,8,12H,3,5-7,9-11H2,1-2H3. The largest absolute Gasteiger partial charge is 0.337 e. The normalized spacial score (nSPS) is 24.7. The van der Waals surface area contributed by atoms with Gasteiger partial charge >= 0.3 is 0 Å². The summed E-state index contributed by atoms with van der Waals surface area (Å²) in [5, 5.41) is 2.14. The second-order valence-electron chi connectivity index (χ2n) is 6.02. The van der Waals surface area contributed by atoms with Crippen LogP contribution < -0.4 is 0 Å². The lowest BCUT2D eigenvalue weighted by Crippen LogP contribution is -2.53. The summed E-state index contributed by atoms with van der Waals surface area (Å²) in [5.41, 5.74) is 1.35. The van der Waals surface area contributed by atoms with Crippen molar-refractivity contribution >= 4 is 17.2 Å². The highest BCUT2D eigenvalue weighted by atomic mass is 32.1. The van der Waals surface area contributed by atoms with E-state index in [1.807, 2.05) is 16.2 Å². The molecule has 1 atom stereocenters. The zero-order chi connectivity index (χ0) is 14.1. The van der Waals surface area contributed by atoms with Crippen molar-refractivity contribution in [2.75, 3.05) is 39.8 Å². The molecule has 1 amide bonds. The fourth-order valence-corrected chi connectivity index (χ4v) is 4.04. The molecule has 1 unspecified atom stereocenters. The Bertz CT molecular complexity index is 487. The van der Waals surface area contributed by atoms with Crippen molar-refractivity contribution in [1.82, 2.24) is 14.7 Å². The van der Waals surface area contributed by atoms with E-state index >= 15 is 0 Å². The Hall–Kier alpha value is -0.910. The van der Waals surface area contributed by atoms with Gasteiger partial charge in [0.15, 0.2) is 0 Å². The van der Waals surface area contributed by atoms with E-state index in [4.69, 9.17) is 0 Å². The van der Waals surface area contributed by atoms with E-state index in [-0.39, 0.29) is 0 Å². The molecule has 3 rings (SSSR count). The smallest absolute Gasteiger partial charge is 0.237 e. The lowest BCUT2D eigenvalue weighted by Gasteiger charge is -2.39. The lowest BCUT2D eigenvalue weighted by molar-refractivity contribution is -0.134. The lowest BCUT2D eigenvalue weighted by atomic mass is 10.1. The number of carbonyl (C=O) groups excluding carboxylic acids is 1. The molecule has 4 nitrogen and oxygen atoms in total. The summed E-state index contributed by atoms with van der Waals surface area (Å²) in [7, 11) is 2.15. The molecule has 1 aromatic rings. The maximum atomic E-state index is 12.5. The van der Waals surface area contributed by atoms with Crippen molar-refractivity contribution in [2.24, 2.45) is 0 Å². The Balaban J connectivity index is 1.57. The number of likely N-dealkylation sites (N-methyl/N-ethyl adjacent to an activating group) is 1. The minimum absolute atomic E-state index is 0.290. The van der Waals surface area contributed by atoms with E-state index in [2.05, 4.69) is 35.2 Å². The van der Waals surface area contributed by atoms with Crippen LogP contribution in [0.5, 0.6) is 0 Å². The average Bonchev–Trinajstić information content (AvgIpc) is 2.89. The fourth-order valence-electron chi connectivity index (χ4n) is 3.15. The predicted octanol–water partition coefficient (Wildman–Crippen LogP) is 1.27. The number of hydrogen-bond donors (Lipinski definition) is 0. The van der Waals surface area contributed by atoms with Gasteiger partial charge in [0.05, 0.1) is 6.54 Å². The van der Waals surface area contributed by atoms with Crippen LogP contribution in [0, 0.1) is 0 Å². The van der Waals surface area contributed by atoms with Crippen LogP contribution in [0.3, 0.4) is 0 Å². The van der Waals surface area contributed by atoms with Gasteiger partial charge in [0.1, 0.15) is 0 Å². The summed E-state index contributed by atoms with van der Waals surface area (Å²) in [4.78, 5) is 20.6. The van der Waals surface area contributed by atoms with Crippen LogP contribution in [-0.4, -0.2) is 66.4 Å². The first kappa shape index (κ1) is 14.0. The number of thiophene rings is 1. The summed E-state index contributed by atoms with van der Waals surface area (Å²) in [6.45, 7) is 7.61. The summed E-state index contributed by atoms with van der Waals surface area (Å²) in [6.07, 6.45) is 1.02. The molecular formula is C15H23N3OS. The summed E-state index contributed by atoms with van der Waals surface area (Å²) < 4.78 is 0. The van der Waals surface area contributed by atoms with Crippen molar-refractivity contribution in [3.63, 3.8) is 0 Å². The molecule has 5 heteroatoms. The monoisotopic (exact) mass is 293 g/mol. The van der Waals surface area contributed by atoms with Gasteiger partial charge in [0.2, 0.25) is 5.91 Å². The molecule has 1 saturated heterocycles. The minimum atomic E-state index is 0.290. The molecule has 110 valence electrons.